The van der Waals surface area contributed by atoms with Crippen LogP contribution in [0.2, 0.25) is 0 Å². The molecular weight excluding hydrogens is 139 g/mol. The average Bonchev–Trinajstić information content (AvgIpc) is 2.03. The number of hydrogen-bond acceptors (Lipinski definition) is 3. The molecular formula is C7H17BN2O. The zero-order chi connectivity index (χ0) is 8.53. The molecule has 1 unspecified atom stereocenters. The molecule has 0 aliphatic rings. The highest BCUT2D eigenvalue weighted by molar-refractivity contribution is 5.97. The van der Waals surface area contributed by atoms with Crippen LogP contribution < -0.4 is 11.1 Å². The van der Waals surface area contributed by atoms with Crippen molar-refractivity contribution in [2.45, 2.75) is 25.3 Å². The molecule has 0 aromatic heterocycles. The summed E-state index contributed by atoms with van der Waals surface area (Å²) in [4.78, 5) is 0. The molecule has 0 spiro atoms. The van der Waals surface area contributed by atoms with E-state index in [9.17, 15) is 0 Å². The molecule has 64 valence electrons. The van der Waals surface area contributed by atoms with Gasteiger partial charge in [-0.15, -0.1) is 0 Å². The second kappa shape index (κ2) is 8.05. The van der Waals surface area contributed by atoms with Gasteiger partial charge in [-0.2, -0.15) is 0 Å². The summed E-state index contributed by atoms with van der Waals surface area (Å²) in [5.74, 6) is 0. The monoisotopic (exact) mass is 156 g/mol. The van der Waals surface area contributed by atoms with E-state index in [1.807, 2.05) is 7.05 Å². The van der Waals surface area contributed by atoms with Gasteiger partial charge in [0.25, 0.3) is 8.05 Å². The number of rotatable bonds is 7. The summed E-state index contributed by atoms with van der Waals surface area (Å²) >= 11 is 0. The highest BCUT2D eigenvalue weighted by Crippen LogP contribution is 1.99. The lowest BCUT2D eigenvalue weighted by molar-refractivity contribution is 0.281. The van der Waals surface area contributed by atoms with E-state index in [1.165, 1.54) is 0 Å². The van der Waals surface area contributed by atoms with Crippen molar-refractivity contribution in [1.29, 1.82) is 0 Å². The lowest BCUT2D eigenvalue weighted by Crippen LogP contribution is -2.30. The van der Waals surface area contributed by atoms with Gasteiger partial charge >= 0.3 is 0 Å². The minimum absolute atomic E-state index is 0.367. The lowest BCUT2D eigenvalue weighted by Gasteiger charge is -2.14. The number of nitrogens with two attached hydrogens (primary N) is 1. The molecule has 2 radical (unpaired) electrons. The Morgan fingerprint density at radius 3 is 2.73 bits per heavy atom. The Labute approximate surface area is 70.1 Å². The molecule has 3 N–H and O–H groups in total. The normalized spacial score (nSPS) is 13.3. The summed E-state index contributed by atoms with van der Waals surface area (Å²) in [6.07, 6.45) is 3.28. The van der Waals surface area contributed by atoms with Crippen LogP contribution in [0.1, 0.15) is 19.3 Å². The van der Waals surface area contributed by atoms with Crippen LogP contribution in [0.25, 0.3) is 0 Å². The number of nitrogens with one attached hydrogen (secondary N) is 1. The fourth-order valence-corrected chi connectivity index (χ4v) is 0.962. The van der Waals surface area contributed by atoms with Gasteiger partial charge in [-0.05, 0) is 26.4 Å². The van der Waals surface area contributed by atoms with Gasteiger partial charge in [0.05, 0.1) is 0 Å². The second-order valence-corrected chi connectivity index (χ2v) is 2.60. The first kappa shape index (κ1) is 10.9. The van der Waals surface area contributed by atoms with Crippen LogP contribution in [0.15, 0.2) is 0 Å². The average molecular weight is 156 g/mol. The zero-order valence-electron chi connectivity index (χ0n) is 7.18. The Balaban J connectivity index is 3.20. The zero-order valence-corrected chi connectivity index (χ0v) is 7.18. The summed E-state index contributed by atoms with van der Waals surface area (Å²) in [6.45, 7) is 1.33. The van der Waals surface area contributed by atoms with Crippen molar-refractivity contribution >= 4 is 8.05 Å². The summed E-state index contributed by atoms with van der Waals surface area (Å²) in [6, 6.07) is 0.367. The third-order valence-electron chi connectivity index (χ3n) is 1.71. The van der Waals surface area contributed by atoms with Gasteiger partial charge in [-0.1, -0.05) is 6.42 Å². The van der Waals surface area contributed by atoms with Crippen LogP contribution in [0, 0.1) is 0 Å². The van der Waals surface area contributed by atoms with Crippen molar-refractivity contribution in [2.75, 3.05) is 20.2 Å². The van der Waals surface area contributed by atoms with E-state index >= 15 is 0 Å². The van der Waals surface area contributed by atoms with Gasteiger partial charge in [0.2, 0.25) is 0 Å². The van der Waals surface area contributed by atoms with Gasteiger partial charge in [0.1, 0.15) is 0 Å². The van der Waals surface area contributed by atoms with Gasteiger partial charge in [-0.25, -0.2) is 0 Å². The molecule has 0 saturated carbocycles. The van der Waals surface area contributed by atoms with Crippen LogP contribution in [0.5, 0.6) is 0 Å². The standard InChI is InChI=1S/C7H17BN2O/c1-10-7(6-11-8)4-2-3-5-9/h7,10H,2-6,9H2,1H3. The van der Waals surface area contributed by atoms with E-state index in [4.69, 9.17) is 13.8 Å². The molecule has 0 aliphatic heterocycles. The molecule has 0 fully saturated rings. The van der Waals surface area contributed by atoms with Crippen molar-refractivity contribution in [3.05, 3.63) is 0 Å². The molecule has 0 saturated heterocycles. The fraction of sp³-hybridized carbons (Fsp3) is 1.00. The summed E-state index contributed by atoms with van der Waals surface area (Å²) in [7, 11) is 6.85. The van der Waals surface area contributed by atoms with Crippen LogP contribution in [-0.2, 0) is 4.65 Å². The first-order chi connectivity index (χ1) is 5.35. The van der Waals surface area contributed by atoms with Crippen LogP contribution in [0.4, 0.5) is 0 Å². The van der Waals surface area contributed by atoms with Crippen LogP contribution in [-0.4, -0.2) is 34.3 Å². The Hall–Kier alpha value is -0.0551. The molecule has 1 atom stereocenters. The first-order valence-electron chi connectivity index (χ1n) is 4.04. The fourth-order valence-electron chi connectivity index (χ4n) is 0.962. The summed E-state index contributed by atoms with van der Waals surface area (Å²) < 4.78 is 4.53. The van der Waals surface area contributed by atoms with Gasteiger partial charge in [0.15, 0.2) is 0 Å². The number of hydrogen-bond donors (Lipinski definition) is 2. The molecule has 11 heavy (non-hydrogen) atoms. The largest absolute Gasteiger partial charge is 0.446 e. The topological polar surface area (TPSA) is 47.3 Å². The highest BCUT2D eigenvalue weighted by Gasteiger charge is 2.02. The van der Waals surface area contributed by atoms with Crippen molar-refractivity contribution in [3.8, 4) is 0 Å². The van der Waals surface area contributed by atoms with E-state index < -0.39 is 0 Å². The van der Waals surface area contributed by atoms with Crippen molar-refractivity contribution in [3.63, 3.8) is 0 Å². The Kier molecular flexibility index (Phi) is 8.01. The Morgan fingerprint density at radius 1 is 1.55 bits per heavy atom. The Bertz CT molecular complexity index is 82.8. The van der Waals surface area contributed by atoms with Crippen LogP contribution >= 0.6 is 0 Å². The maximum atomic E-state index is 5.35. The number of unbranched alkanes of at least 4 members (excludes halogenated alkanes) is 1. The first-order valence-corrected chi connectivity index (χ1v) is 4.04. The van der Waals surface area contributed by atoms with E-state index in [0.29, 0.717) is 12.6 Å². The number of likely N-dealkylation sites (N-methyl/N-ethyl adjacent to an activating group) is 1. The van der Waals surface area contributed by atoms with Crippen molar-refractivity contribution in [1.82, 2.24) is 5.32 Å². The molecule has 0 aliphatic carbocycles. The van der Waals surface area contributed by atoms with Gasteiger partial charge < -0.3 is 15.7 Å². The smallest absolute Gasteiger partial charge is 0.282 e. The van der Waals surface area contributed by atoms with Crippen molar-refractivity contribution < 1.29 is 4.65 Å². The Morgan fingerprint density at radius 2 is 2.27 bits per heavy atom. The second-order valence-electron chi connectivity index (χ2n) is 2.60. The summed E-state index contributed by atoms with van der Waals surface area (Å²) in [5, 5.41) is 3.12. The van der Waals surface area contributed by atoms with Crippen molar-refractivity contribution in [2.24, 2.45) is 5.73 Å². The molecule has 0 aromatic carbocycles. The van der Waals surface area contributed by atoms with E-state index in [-0.39, 0.29) is 0 Å². The molecule has 3 nitrogen and oxygen atoms in total. The minimum Gasteiger partial charge on any atom is -0.446 e. The molecule has 0 aromatic rings. The SMILES string of the molecule is [B]OCC(CCCCN)NC. The lowest BCUT2D eigenvalue weighted by atomic mass is 10.1. The highest BCUT2D eigenvalue weighted by atomic mass is 16.4. The third-order valence-corrected chi connectivity index (χ3v) is 1.71. The minimum atomic E-state index is 0.367. The van der Waals surface area contributed by atoms with Gasteiger partial charge in [0, 0.05) is 12.6 Å². The van der Waals surface area contributed by atoms with E-state index in [2.05, 4.69) is 9.97 Å². The predicted octanol–water partition coefficient (Wildman–Crippen LogP) is -0.196. The quantitative estimate of drug-likeness (QED) is 0.396. The molecule has 0 rings (SSSR count). The summed E-state index contributed by atoms with van der Waals surface area (Å²) in [5.41, 5.74) is 5.35. The van der Waals surface area contributed by atoms with Gasteiger partial charge in [-0.3, -0.25) is 0 Å². The predicted molar refractivity (Wildman–Crippen MR) is 47.5 cm³/mol. The van der Waals surface area contributed by atoms with Crippen LogP contribution in [0.3, 0.4) is 0 Å². The van der Waals surface area contributed by atoms with E-state index in [0.717, 1.165) is 25.8 Å². The maximum Gasteiger partial charge on any atom is 0.282 e. The maximum absolute atomic E-state index is 5.35. The molecule has 0 amide bonds. The molecule has 4 heteroatoms. The van der Waals surface area contributed by atoms with E-state index in [1.54, 1.807) is 0 Å². The molecule has 0 bridgehead atoms. The third kappa shape index (κ3) is 6.35. The molecule has 0 heterocycles.